The van der Waals surface area contributed by atoms with Crippen LogP contribution in [-0.2, 0) is 11.3 Å². The van der Waals surface area contributed by atoms with E-state index in [1.54, 1.807) is 21.3 Å². The minimum absolute atomic E-state index is 0.0657. The number of ether oxygens (including phenoxy) is 4. The van der Waals surface area contributed by atoms with E-state index in [0.29, 0.717) is 37.0 Å². The number of aliphatic hydroxyl groups excluding tert-OH is 1. The van der Waals surface area contributed by atoms with Crippen molar-refractivity contribution in [3.63, 3.8) is 0 Å². The summed E-state index contributed by atoms with van der Waals surface area (Å²) in [5.41, 5.74) is 1.01. The van der Waals surface area contributed by atoms with Crippen LogP contribution in [0, 0.1) is 0 Å². The highest BCUT2D eigenvalue weighted by Gasteiger charge is 2.15. The third kappa shape index (κ3) is 5.41. The van der Waals surface area contributed by atoms with Gasteiger partial charge in [0.2, 0.25) is 5.75 Å². The van der Waals surface area contributed by atoms with Gasteiger partial charge in [0, 0.05) is 18.7 Å². The Hall–Kier alpha value is -1.50. The highest BCUT2D eigenvalue weighted by atomic mass is 16.5. The van der Waals surface area contributed by atoms with Crippen molar-refractivity contribution in [1.29, 1.82) is 0 Å². The summed E-state index contributed by atoms with van der Waals surface area (Å²) >= 11 is 0. The molecule has 0 aliphatic carbocycles. The van der Waals surface area contributed by atoms with Crippen molar-refractivity contribution in [2.24, 2.45) is 0 Å². The van der Waals surface area contributed by atoms with E-state index >= 15 is 0 Å². The van der Waals surface area contributed by atoms with Crippen LogP contribution in [0.1, 0.15) is 12.0 Å². The van der Waals surface area contributed by atoms with Gasteiger partial charge in [0.25, 0.3) is 0 Å². The normalized spacial score (nSPS) is 10.5. The molecule has 0 fully saturated rings. The summed E-state index contributed by atoms with van der Waals surface area (Å²) in [5.74, 6) is 1.93. The molecule has 1 aromatic carbocycles. The highest BCUT2D eigenvalue weighted by molar-refractivity contribution is 5.55. The molecule has 0 saturated carbocycles. The first-order chi connectivity index (χ1) is 10.3. The number of aliphatic hydroxyl groups is 1. The molecule has 1 aromatic rings. The van der Waals surface area contributed by atoms with Crippen molar-refractivity contribution >= 4 is 0 Å². The molecular formula is C15H25NO5. The van der Waals surface area contributed by atoms with Crippen LogP contribution in [0.15, 0.2) is 12.1 Å². The molecule has 6 heteroatoms. The van der Waals surface area contributed by atoms with E-state index in [-0.39, 0.29) is 6.61 Å². The quantitative estimate of drug-likeness (QED) is 0.598. The zero-order chi connectivity index (χ0) is 15.5. The number of nitrogens with one attached hydrogen (secondary N) is 1. The molecule has 1 rings (SSSR count). The molecule has 120 valence electrons. The van der Waals surface area contributed by atoms with Gasteiger partial charge in [-0.2, -0.15) is 0 Å². The minimum Gasteiger partial charge on any atom is -0.493 e. The van der Waals surface area contributed by atoms with Gasteiger partial charge >= 0.3 is 0 Å². The first-order valence-corrected chi connectivity index (χ1v) is 6.95. The van der Waals surface area contributed by atoms with Gasteiger partial charge in [0.15, 0.2) is 11.5 Å². The van der Waals surface area contributed by atoms with E-state index in [9.17, 15) is 0 Å². The third-order valence-electron chi connectivity index (χ3n) is 2.98. The topological polar surface area (TPSA) is 69.2 Å². The molecule has 6 nitrogen and oxygen atoms in total. The standard InChI is InChI=1S/C15H25NO5/c1-18-13-6-5-12(14(19-2)15(13)20-3)11-16-7-4-9-21-10-8-17/h5-6,16-17H,4,7-11H2,1-3H3. The van der Waals surface area contributed by atoms with Crippen molar-refractivity contribution in [3.05, 3.63) is 17.7 Å². The second-order valence-corrected chi connectivity index (χ2v) is 4.36. The molecule has 0 unspecified atom stereocenters. The second kappa shape index (κ2) is 10.3. The Balaban J connectivity index is 2.51. The Bertz CT molecular complexity index is 411. The van der Waals surface area contributed by atoms with Gasteiger partial charge in [-0.25, -0.2) is 0 Å². The van der Waals surface area contributed by atoms with Gasteiger partial charge in [-0.15, -0.1) is 0 Å². The molecular weight excluding hydrogens is 274 g/mol. The van der Waals surface area contributed by atoms with Crippen LogP contribution in [0.5, 0.6) is 17.2 Å². The van der Waals surface area contributed by atoms with Crippen LogP contribution >= 0.6 is 0 Å². The summed E-state index contributed by atoms with van der Waals surface area (Å²) in [6, 6.07) is 3.82. The van der Waals surface area contributed by atoms with Gasteiger partial charge in [0.1, 0.15) is 0 Å². The summed E-state index contributed by atoms with van der Waals surface area (Å²) in [4.78, 5) is 0. The maximum Gasteiger partial charge on any atom is 0.203 e. The summed E-state index contributed by atoms with van der Waals surface area (Å²) in [7, 11) is 4.81. The van der Waals surface area contributed by atoms with Crippen LogP contribution in [0.3, 0.4) is 0 Å². The molecule has 0 aliphatic heterocycles. The smallest absolute Gasteiger partial charge is 0.203 e. The number of hydrogen-bond acceptors (Lipinski definition) is 6. The number of rotatable bonds is 11. The van der Waals surface area contributed by atoms with E-state index in [0.717, 1.165) is 18.5 Å². The molecule has 21 heavy (non-hydrogen) atoms. The lowest BCUT2D eigenvalue weighted by Crippen LogP contribution is -2.17. The summed E-state index contributed by atoms with van der Waals surface area (Å²) in [6.45, 7) is 2.59. The molecule has 0 bridgehead atoms. The predicted molar refractivity (Wildman–Crippen MR) is 80.3 cm³/mol. The van der Waals surface area contributed by atoms with Crippen molar-refractivity contribution in [2.75, 3.05) is 47.7 Å². The Morgan fingerprint density at radius 2 is 1.76 bits per heavy atom. The monoisotopic (exact) mass is 299 g/mol. The van der Waals surface area contributed by atoms with Crippen LogP contribution in [0.2, 0.25) is 0 Å². The number of benzene rings is 1. The summed E-state index contributed by atoms with van der Waals surface area (Å²) in [5, 5.41) is 11.9. The number of methoxy groups -OCH3 is 3. The molecule has 0 amide bonds. The first-order valence-electron chi connectivity index (χ1n) is 6.95. The average Bonchev–Trinajstić information content (AvgIpc) is 2.52. The van der Waals surface area contributed by atoms with Gasteiger partial charge < -0.3 is 29.4 Å². The molecule has 2 N–H and O–H groups in total. The molecule has 0 heterocycles. The van der Waals surface area contributed by atoms with Crippen molar-refractivity contribution in [1.82, 2.24) is 5.32 Å². The largest absolute Gasteiger partial charge is 0.493 e. The van der Waals surface area contributed by atoms with Crippen LogP contribution in [0.4, 0.5) is 0 Å². The lowest BCUT2D eigenvalue weighted by atomic mass is 10.1. The van der Waals surface area contributed by atoms with E-state index in [1.807, 2.05) is 12.1 Å². The number of hydrogen-bond donors (Lipinski definition) is 2. The molecule has 0 aliphatic rings. The second-order valence-electron chi connectivity index (χ2n) is 4.36. The summed E-state index contributed by atoms with van der Waals surface area (Å²) < 4.78 is 21.2. The van der Waals surface area contributed by atoms with Crippen molar-refractivity contribution < 1.29 is 24.1 Å². The zero-order valence-corrected chi connectivity index (χ0v) is 13.0. The minimum atomic E-state index is 0.0657. The predicted octanol–water partition coefficient (Wildman–Crippen LogP) is 1.20. The molecule has 0 radical (unpaired) electrons. The van der Waals surface area contributed by atoms with Gasteiger partial charge in [-0.1, -0.05) is 6.07 Å². The van der Waals surface area contributed by atoms with Crippen molar-refractivity contribution in [3.8, 4) is 17.2 Å². The maximum atomic E-state index is 8.59. The van der Waals surface area contributed by atoms with E-state index < -0.39 is 0 Å². The molecule has 0 aromatic heterocycles. The van der Waals surface area contributed by atoms with E-state index in [2.05, 4.69) is 5.32 Å². The lowest BCUT2D eigenvalue weighted by molar-refractivity contribution is 0.0907. The molecule has 0 saturated heterocycles. The van der Waals surface area contributed by atoms with Gasteiger partial charge in [-0.05, 0) is 19.0 Å². The van der Waals surface area contributed by atoms with E-state index in [1.165, 1.54) is 0 Å². The van der Waals surface area contributed by atoms with Gasteiger partial charge in [-0.3, -0.25) is 0 Å². The molecule has 0 spiro atoms. The summed E-state index contributed by atoms with van der Waals surface area (Å²) in [6.07, 6.45) is 0.885. The zero-order valence-electron chi connectivity index (χ0n) is 13.0. The Labute approximate surface area is 126 Å². The SMILES string of the molecule is COc1ccc(CNCCCOCCO)c(OC)c1OC. The molecule has 0 atom stereocenters. The van der Waals surface area contributed by atoms with Gasteiger partial charge in [0.05, 0.1) is 34.5 Å². The average molecular weight is 299 g/mol. The fraction of sp³-hybridized carbons (Fsp3) is 0.600. The Morgan fingerprint density at radius 3 is 2.38 bits per heavy atom. The Morgan fingerprint density at radius 1 is 1.00 bits per heavy atom. The lowest BCUT2D eigenvalue weighted by Gasteiger charge is -2.16. The van der Waals surface area contributed by atoms with Crippen LogP contribution in [0.25, 0.3) is 0 Å². The van der Waals surface area contributed by atoms with Crippen LogP contribution in [-0.4, -0.2) is 52.8 Å². The fourth-order valence-corrected chi connectivity index (χ4v) is 1.99. The first kappa shape index (κ1) is 17.6. The Kier molecular flexibility index (Phi) is 8.57. The fourth-order valence-electron chi connectivity index (χ4n) is 1.99. The third-order valence-corrected chi connectivity index (χ3v) is 2.98. The maximum absolute atomic E-state index is 8.59. The van der Waals surface area contributed by atoms with Crippen LogP contribution < -0.4 is 19.5 Å². The highest BCUT2D eigenvalue weighted by Crippen LogP contribution is 2.39. The van der Waals surface area contributed by atoms with Crippen molar-refractivity contribution in [2.45, 2.75) is 13.0 Å². The van der Waals surface area contributed by atoms with E-state index in [4.69, 9.17) is 24.1 Å².